The molecule has 0 radical (unpaired) electrons. The number of nitrogens with one attached hydrogen (secondary N) is 1. The Labute approximate surface area is 92.5 Å². The monoisotopic (exact) mass is 223 g/mol. The van der Waals surface area contributed by atoms with Gasteiger partial charge in [-0.15, -0.1) is 0 Å². The van der Waals surface area contributed by atoms with Crippen LogP contribution in [0.15, 0.2) is 18.5 Å². The number of nitrogens with zero attached hydrogens (tertiary/aromatic N) is 1. The molecule has 1 amide bonds. The molecule has 1 atom stereocenters. The van der Waals surface area contributed by atoms with E-state index in [1.807, 2.05) is 0 Å². The van der Waals surface area contributed by atoms with Crippen molar-refractivity contribution in [3.63, 3.8) is 0 Å². The van der Waals surface area contributed by atoms with Gasteiger partial charge in [-0.2, -0.15) is 0 Å². The van der Waals surface area contributed by atoms with E-state index in [0.29, 0.717) is 12.1 Å². The van der Waals surface area contributed by atoms with Crippen molar-refractivity contribution in [3.05, 3.63) is 24.0 Å². The number of aromatic nitrogens is 1. The van der Waals surface area contributed by atoms with Crippen molar-refractivity contribution in [3.8, 4) is 0 Å². The number of carboxylic acids is 1. The van der Waals surface area contributed by atoms with Crippen LogP contribution in [0.25, 0.3) is 0 Å². The smallest absolute Gasteiger partial charge is 0.337 e. The topological polar surface area (TPSA) is 105 Å². The SMILES string of the molecule is CCC(N)C(=O)Nc1cncc(C(=O)O)c1. The molecule has 0 saturated heterocycles. The van der Waals surface area contributed by atoms with E-state index in [1.165, 1.54) is 18.5 Å². The van der Waals surface area contributed by atoms with Crippen molar-refractivity contribution >= 4 is 17.6 Å². The summed E-state index contributed by atoms with van der Waals surface area (Å²) in [6, 6.07) is 0.726. The lowest BCUT2D eigenvalue weighted by atomic mass is 10.2. The minimum Gasteiger partial charge on any atom is -0.478 e. The van der Waals surface area contributed by atoms with Gasteiger partial charge in [-0.1, -0.05) is 6.92 Å². The molecule has 0 aliphatic rings. The maximum Gasteiger partial charge on any atom is 0.337 e. The zero-order valence-electron chi connectivity index (χ0n) is 8.80. The minimum atomic E-state index is -1.09. The summed E-state index contributed by atoms with van der Waals surface area (Å²) in [4.78, 5) is 25.8. The highest BCUT2D eigenvalue weighted by Crippen LogP contribution is 2.08. The van der Waals surface area contributed by atoms with Crippen LogP contribution in [0.1, 0.15) is 23.7 Å². The zero-order valence-corrected chi connectivity index (χ0v) is 8.80. The van der Waals surface area contributed by atoms with Crippen LogP contribution in [0, 0.1) is 0 Å². The molecule has 1 unspecified atom stereocenters. The number of carbonyl (C=O) groups is 2. The summed E-state index contributed by atoms with van der Waals surface area (Å²) in [5, 5.41) is 11.2. The van der Waals surface area contributed by atoms with Gasteiger partial charge >= 0.3 is 5.97 Å². The fourth-order valence-electron chi connectivity index (χ4n) is 1.05. The molecule has 0 fully saturated rings. The van der Waals surface area contributed by atoms with E-state index in [0.717, 1.165) is 0 Å². The highest BCUT2D eigenvalue weighted by atomic mass is 16.4. The molecule has 0 saturated carbocycles. The average molecular weight is 223 g/mol. The lowest BCUT2D eigenvalue weighted by molar-refractivity contribution is -0.117. The molecule has 0 aliphatic carbocycles. The number of aromatic carboxylic acids is 1. The Morgan fingerprint density at radius 2 is 2.25 bits per heavy atom. The fraction of sp³-hybridized carbons (Fsp3) is 0.300. The molecule has 16 heavy (non-hydrogen) atoms. The first-order valence-electron chi connectivity index (χ1n) is 4.79. The Kier molecular flexibility index (Phi) is 3.96. The Balaban J connectivity index is 2.78. The first kappa shape index (κ1) is 12.1. The van der Waals surface area contributed by atoms with E-state index in [4.69, 9.17) is 10.8 Å². The van der Waals surface area contributed by atoms with Crippen LogP contribution >= 0.6 is 0 Å². The van der Waals surface area contributed by atoms with E-state index in [-0.39, 0.29) is 11.5 Å². The fourth-order valence-corrected chi connectivity index (χ4v) is 1.05. The van der Waals surface area contributed by atoms with E-state index in [1.54, 1.807) is 6.92 Å². The Bertz CT molecular complexity index is 406. The number of pyridine rings is 1. The van der Waals surface area contributed by atoms with E-state index < -0.39 is 12.0 Å². The molecule has 0 spiro atoms. The van der Waals surface area contributed by atoms with E-state index in [2.05, 4.69) is 10.3 Å². The van der Waals surface area contributed by atoms with Crippen molar-refractivity contribution in [2.75, 3.05) is 5.32 Å². The Hall–Kier alpha value is -1.95. The molecule has 86 valence electrons. The third-order valence-electron chi connectivity index (χ3n) is 2.03. The number of carboxylic acid groups (broad SMARTS) is 1. The van der Waals surface area contributed by atoms with Gasteiger partial charge in [0, 0.05) is 6.20 Å². The van der Waals surface area contributed by atoms with Gasteiger partial charge < -0.3 is 16.2 Å². The number of hydrogen-bond donors (Lipinski definition) is 3. The predicted octanol–water partition coefficient (Wildman–Crippen LogP) is 0.456. The molecular weight excluding hydrogens is 210 g/mol. The third-order valence-corrected chi connectivity index (χ3v) is 2.03. The van der Waals surface area contributed by atoms with E-state index in [9.17, 15) is 9.59 Å². The van der Waals surface area contributed by atoms with Gasteiger partial charge in [0.25, 0.3) is 0 Å². The van der Waals surface area contributed by atoms with Crippen molar-refractivity contribution in [2.24, 2.45) is 5.73 Å². The van der Waals surface area contributed by atoms with Gasteiger partial charge in [0.1, 0.15) is 0 Å². The van der Waals surface area contributed by atoms with Crippen LogP contribution in [0.5, 0.6) is 0 Å². The minimum absolute atomic E-state index is 0.0165. The second kappa shape index (κ2) is 5.22. The molecule has 0 bridgehead atoms. The third kappa shape index (κ3) is 3.03. The van der Waals surface area contributed by atoms with Crippen molar-refractivity contribution < 1.29 is 14.7 Å². The summed E-state index contributed by atoms with van der Waals surface area (Å²) >= 11 is 0. The van der Waals surface area contributed by atoms with Gasteiger partial charge in [0.15, 0.2) is 0 Å². The standard InChI is InChI=1S/C10H13N3O3/c1-2-8(11)9(14)13-7-3-6(10(15)16)4-12-5-7/h3-5,8H,2,11H2,1H3,(H,13,14)(H,15,16). The van der Waals surface area contributed by atoms with Gasteiger partial charge in [0.05, 0.1) is 23.5 Å². The highest BCUT2D eigenvalue weighted by Gasteiger charge is 2.12. The molecule has 1 heterocycles. The highest BCUT2D eigenvalue weighted by molar-refractivity contribution is 5.96. The van der Waals surface area contributed by atoms with Gasteiger partial charge in [-0.25, -0.2) is 4.79 Å². The zero-order chi connectivity index (χ0) is 12.1. The summed E-state index contributed by atoms with van der Waals surface area (Å²) in [6.45, 7) is 1.79. The summed E-state index contributed by atoms with van der Waals surface area (Å²) in [6.07, 6.45) is 3.09. The number of rotatable bonds is 4. The van der Waals surface area contributed by atoms with Crippen molar-refractivity contribution in [1.29, 1.82) is 0 Å². The molecule has 0 aromatic carbocycles. The van der Waals surface area contributed by atoms with Gasteiger partial charge in [0.2, 0.25) is 5.91 Å². The Morgan fingerprint density at radius 1 is 1.56 bits per heavy atom. The molecule has 0 aliphatic heterocycles. The molecule has 1 rings (SSSR count). The first-order chi connectivity index (χ1) is 7.54. The van der Waals surface area contributed by atoms with Gasteiger partial charge in [-0.3, -0.25) is 9.78 Å². The quantitative estimate of drug-likeness (QED) is 0.687. The average Bonchev–Trinajstić information content (AvgIpc) is 2.28. The lowest BCUT2D eigenvalue weighted by Gasteiger charge is -2.09. The van der Waals surface area contributed by atoms with Crippen LogP contribution < -0.4 is 11.1 Å². The number of anilines is 1. The number of nitrogens with two attached hydrogens (primary N) is 1. The summed E-state index contributed by atoms with van der Waals surface area (Å²) in [5.74, 6) is -1.45. The van der Waals surface area contributed by atoms with E-state index >= 15 is 0 Å². The lowest BCUT2D eigenvalue weighted by Crippen LogP contribution is -2.34. The van der Waals surface area contributed by atoms with Gasteiger partial charge in [-0.05, 0) is 12.5 Å². The van der Waals surface area contributed by atoms with Crippen molar-refractivity contribution in [1.82, 2.24) is 4.98 Å². The maximum absolute atomic E-state index is 11.4. The molecule has 1 aromatic heterocycles. The van der Waals surface area contributed by atoms with Crippen LogP contribution in [0.2, 0.25) is 0 Å². The van der Waals surface area contributed by atoms with Crippen LogP contribution in [0.3, 0.4) is 0 Å². The number of amides is 1. The summed E-state index contributed by atoms with van der Waals surface area (Å²) in [7, 11) is 0. The largest absolute Gasteiger partial charge is 0.478 e. The number of hydrogen-bond acceptors (Lipinski definition) is 4. The van der Waals surface area contributed by atoms with Crippen LogP contribution in [-0.2, 0) is 4.79 Å². The molecule has 6 heteroatoms. The molecular formula is C10H13N3O3. The number of carbonyl (C=O) groups excluding carboxylic acids is 1. The first-order valence-corrected chi connectivity index (χ1v) is 4.79. The second-order valence-electron chi connectivity index (χ2n) is 3.27. The van der Waals surface area contributed by atoms with Crippen molar-refractivity contribution in [2.45, 2.75) is 19.4 Å². The predicted molar refractivity (Wildman–Crippen MR) is 58.1 cm³/mol. The summed E-state index contributed by atoms with van der Waals surface area (Å²) in [5.41, 5.74) is 5.86. The molecule has 4 N–H and O–H groups in total. The van der Waals surface area contributed by atoms with Crippen LogP contribution in [0.4, 0.5) is 5.69 Å². The maximum atomic E-state index is 11.4. The molecule has 6 nitrogen and oxygen atoms in total. The van der Waals surface area contributed by atoms with Crippen LogP contribution in [-0.4, -0.2) is 28.0 Å². The normalized spacial score (nSPS) is 11.9. The summed E-state index contributed by atoms with van der Waals surface area (Å²) < 4.78 is 0. The molecule has 1 aromatic rings. The second-order valence-corrected chi connectivity index (χ2v) is 3.27. The Morgan fingerprint density at radius 3 is 2.81 bits per heavy atom.